The predicted octanol–water partition coefficient (Wildman–Crippen LogP) is 4.40. The lowest BCUT2D eigenvalue weighted by atomic mass is 10.1. The van der Waals surface area contributed by atoms with E-state index in [1.807, 2.05) is 19.1 Å². The fraction of sp³-hybridized carbons (Fsp3) is 0.318. The van der Waals surface area contributed by atoms with Crippen LogP contribution < -0.4 is 4.90 Å². The SMILES string of the molecule is Cc1ccc(Sc2ccc(F)cc2)c(N2C(=O)CN(C(=O)OC(C)(C)C)CC2=O)c1. The summed E-state index contributed by atoms with van der Waals surface area (Å²) in [5.74, 6) is -1.36. The first-order valence-electron chi connectivity index (χ1n) is 9.41. The van der Waals surface area contributed by atoms with Crippen molar-refractivity contribution >= 4 is 35.4 Å². The fourth-order valence-corrected chi connectivity index (χ4v) is 3.82. The zero-order valence-corrected chi connectivity index (χ0v) is 18.1. The summed E-state index contributed by atoms with van der Waals surface area (Å²) >= 11 is 1.33. The van der Waals surface area contributed by atoms with Gasteiger partial charge < -0.3 is 4.74 Å². The number of halogens is 1. The molecular weight excluding hydrogens is 407 g/mol. The maximum atomic E-state index is 13.2. The van der Waals surface area contributed by atoms with Gasteiger partial charge in [0.15, 0.2) is 0 Å². The van der Waals surface area contributed by atoms with Crippen LogP contribution in [0.4, 0.5) is 14.9 Å². The van der Waals surface area contributed by atoms with Crippen molar-refractivity contribution in [1.82, 2.24) is 4.90 Å². The molecule has 0 radical (unpaired) electrons. The quantitative estimate of drug-likeness (QED) is 0.676. The van der Waals surface area contributed by atoms with Crippen molar-refractivity contribution in [3.05, 3.63) is 53.8 Å². The van der Waals surface area contributed by atoms with Gasteiger partial charge in [0.1, 0.15) is 24.5 Å². The number of hydrogen-bond donors (Lipinski definition) is 0. The van der Waals surface area contributed by atoms with E-state index in [9.17, 15) is 18.8 Å². The zero-order valence-electron chi connectivity index (χ0n) is 17.3. The van der Waals surface area contributed by atoms with Gasteiger partial charge in [0.05, 0.1) is 5.69 Å². The second-order valence-corrected chi connectivity index (χ2v) is 9.10. The number of piperazine rings is 1. The molecule has 3 rings (SSSR count). The van der Waals surface area contributed by atoms with Gasteiger partial charge in [0.2, 0.25) is 0 Å². The third-order valence-electron chi connectivity index (χ3n) is 4.20. The number of imide groups is 1. The van der Waals surface area contributed by atoms with Crippen LogP contribution in [0.15, 0.2) is 52.3 Å². The van der Waals surface area contributed by atoms with E-state index in [-0.39, 0.29) is 18.9 Å². The largest absolute Gasteiger partial charge is 0.444 e. The zero-order chi connectivity index (χ0) is 22.1. The van der Waals surface area contributed by atoms with Crippen LogP contribution in [-0.4, -0.2) is 41.5 Å². The summed E-state index contributed by atoms with van der Waals surface area (Å²) in [6.45, 7) is 6.51. The molecular formula is C22H23FN2O4S. The third kappa shape index (κ3) is 5.18. The summed E-state index contributed by atoms with van der Waals surface area (Å²) < 4.78 is 18.5. The van der Waals surface area contributed by atoms with Crippen molar-refractivity contribution < 1.29 is 23.5 Å². The summed E-state index contributed by atoms with van der Waals surface area (Å²) in [4.78, 5) is 41.6. The molecule has 0 spiro atoms. The van der Waals surface area contributed by atoms with Gasteiger partial charge in [-0.25, -0.2) is 14.1 Å². The van der Waals surface area contributed by atoms with E-state index < -0.39 is 23.5 Å². The number of nitrogens with zero attached hydrogens (tertiary/aromatic N) is 2. The van der Waals surface area contributed by atoms with Gasteiger partial charge in [-0.3, -0.25) is 14.5 Å². The second kappa shape index (κ2) is 8.47. The van der Waals surface area contributed by atoms with Crippen LogP contribution >= 0.6 is 11.8 Å². The van der Waals surface area contributed by atoms with E-state index in [1.165, 1.54) is 23.9 Å². The van der Waals surface area contributed by atoms with Crippen molar-refractivity contribution in [2.45, 2.75) is 43.1 Å². The Bertz CT molecular complexity index is 968. The Kier molecular flexibility index (Phi) is 6.17. The predicted molar refractivity (Wildman–Crippen MR) is 112 cm³/mol. The molecule has 0 N–H and O–H groups in total. The third-order valence-corrected chi connectivity index (χ3v) is 5.27. The number of benzene rings is 2. The van der Waals surface area contributed by atoms with Crippen LogP contribution in [-0.2, 0) is 14.3 Å². The van der Waals surface area contributed by atoms with E-state index in [0.29, 0.717) is 10.6 Å². The Balaban J connectivity index is 1.86. The topological polar surface area (TPSA) is 66.9 Å². The Morgan fingerprint density at radius 2 is 1.63 bits per heavy atom. The van der Waals surface area contributed by atoms with Gasteiger partial charge in [-0.05, 0) is 69.7 Å². The molecule has 158 valence electrons. The molecule has 1 aliphatic heterocycles. The van der Waals surface area contributed by atoms with Gasteiger partial charge in [-0.2, -0.15) is 0 Å². The molecule has 6 nitrogen and oxygen atoms in total. The summed E-state index contributed by atoms with van der Waals surface area (Å²) in [6, 6.07) is 11.4. The van der Waals surface area contributed by atoms with E-state index in [0.717, 1.165) is 20.3 Å². The summed E-state index contributed by atoms with van der Waals surface area (Å²) in [6.07, 6.45) is -0.700. The van der Waals surface area contributed by atoms with Crippen molar-refractivity contribution in [2.24, 2.45) is 0 Å². The number of rotatable bonds is 3. The molecule has 2 aromatic rings. The molecule has 1 heterocycles. The molecule has 0 saturated carbocycles. The lowest BCUT2D eigenvalue weighted by Gasteiger charge is -2.34. The van der Waals surface area contributed by atoms with E-state index >= 15 is 0 Å². The lowest BCUT2D eigenvalue weighted by Crippen LogP contribution is -2.56. The average Bonchev–Trinajstić information content (AvgIpc) is 2.63. The molecule has 3 amide bonds. The number of anilines is 1. The molecule has 2 aromatic carbocycles. The number of aryl methyl sites for hydroxylation is 1. The van der Waals surface area contributed by atoms with Gasteiger partial charge in [0, 0.05) is 9.79 Å². The van der Waals surface area contributed by atoms with Crippen LogP contribution in [0, 0.1) is 12.7 Å². The molecule has 1 fully saturated rings. The molecule has 0 atom stereocenters. The monoisotopic (exact) mass is 430 g/mol. The normalized spacial score (nSPS) is 14.8. The molecule has 0 aliphatic carbocycles. The number of carbonyl (C=O) groups is 3. The van der Waals surface area contributed by atoms with Crippen molar-refractivity contribution in [3.63, 3.8) is 0 Å². The highest BCUT2D eigenvalue weighted by molar-refractivity contribution is 7.99. The summed E-state index contributed by atoms with van der Waals surface area (Å²) in [5.41, 5.74) is 0.599. The molecule has 30 heavy (non-hydrogen) atoms. The van der Waals surface area contributed by atoms with Crippen LogP contribution in [0.2, 0.25) is 0 Å². The smallest absolute Gasteiger partial charge is 0.411 e. The highest BCUT2D eigenvalue weighted by Gasteiger charge is 2.37. The van der Waals surface area contributed by atoms with E-state index in [1.54, 1.807) is 39.0 Å². The van der Waals surface area contributed by atoms with Gasteiger partial charge in [0.25, 0.3) is 11.8 Å². The number of ether oxygens (including phenoxy) is 1. The molecule has 1 aliphatic rings. The van der Waals surface area contributed by atoms with Crippen LogP contribution in [0.3, 0.4) is 0 Å². The van der Waals surface area contributed by atoms with Crippen LogP contribution in [0.5, 0.6) is 0 Å². The summed E-state index contributed by atoms with van der Waals surface area (Å²) in [5, 5.41) is 0. The minimum Gasteiger partial charge on any atom is -0.444 e. The highest BCUT2D eigenvalue weighted by atomic mass is 32.2. The van der Waals surface area contributed by atoms with Gasteiger partial charge >= 0.3 is 6.09 Å². The standard InChI is InChI=1S/C22H23FN2O4S/c1-14-5-10-18(30-16-8-6-15(23)7-9-16)17(11-14)25-19(26)12-24(13-20(25)27)21(28)29-22(2,3)4/h5-11H,12-13H2,1-4H3. The maximum absolute atomic E-state index is 13.2. The molecule has 0 aromatic heterocycles. The second-order valence-electron chi connectivity index (χ2n) is 7.99. The molecule has 1 saturated heterocycles. The Morgan fingerprint density at radius 3 is 2.20 bits per heavy atom. The maximum Gasteiger partial charge on any atom is 0.411 e. The van der Waals surface area contributed by atoms with Crippen LogP contribution in [0.1, 0.15) is 26.3 Å². The van der Waals surface area contributed by atoms with Crippen molar-refractivity contribution in [2.75, 3.05) is 18.0 Å². The molecule has 0 unspecified atom stereocenters. The van der Waals surface area contributed by atoms with Crippen molar-refractivity contribution in [3.8, 4) is 0 Å². The number of hydrogen-bond acceptors (Lipinski definition) is 5. The number of carbonyl (C=O) groups excluding carboxylic acids is 3. The van der Waals surface area contributed by atoms with Crippen molar-refractivity contribution in [1.29, 1.82) is 0 Å². The molecule has 0 bridgehead atoms. The van der Waals surface area contributed by atoms with Crippen LogP contribution in [0.25, 0.3) is 0 Å². The van der Waals surface area contributed by atoms with Gasteiger partial charge in [-0.15, -0.1) is 0 Å². The van der Waals surface area contributed by atoms with E-state index in [4.69, 9.17) is 4.74 Å². The highest BCUT2D eigenvalue weighted by Crippen LogP contribution is 2.37. The molecule has 8 heteroatoms. The lowest BCUT2D eigenvalue weighted by molar-refractivity contribution is -0.131. The first-order valence-corrected chi connectivity index (χ1v) is 10.2. The van der Waals surface area contributed by atoms with Gasteiger partial charge in [-0.1, -0.05) is 17.8 Å². The first-order chi connectivity index (χ1) is 14.0. The average molecular weight is 431 g/mol. The number of amides is 3. The minimum absolute atomic E-state index is 0.255. The van der Waals surface area contributed by atoms with E-state index in [2.05, 4.69) is 0 Å². The fourth-order valence-electron chi connectivity index (χ4n) is 2.91. The Morgan fingerprint density at radius 1 is 1.03 bits per heavy atom. The Labute approximate surface area is 179 Å². The first kappa shape index (κ1) is 21.8. The summed E-state index contributed by atoms with van der Waals surface area (Å²) in [7, 11) is 0. The Hall–Kier alpha value is -2.87. The minimum atomic E-state index is -0.726.